The molecule has 1 fully saturated rings. The minimum absolute atomic E-state index is 0.0791. The van der Waals surface area contributed by atoms with Crippen molar-refractivity contribution in [2.75, 3.05) is 29.9 Å². The van der Waals surface area contributed by atoms with Crippen molar-refractivity contribution in [3.8, 4) is 6.07 Å². The molecule has 0 unspecified atom stereocenters. The molecule has 8 heteroatoms. The average molecular weight is 437 g/mol. The van der Waals surface area contributed by atoms with Crippen molar-refractivity contribution in [1.29, 1.82) is 5.26 Å². The number of benzene rings is 1. The Bertz CT molecular complexity index is 995. The number of aryl methyl sites for hydroxylation is 1. The number of rotatable bonds is 5. The molecule has 0 aliphatic carbocycles. The number of nitriles is 1. The highest BCUT2D eigenvalue weighted by atomic mass is 16.6. The first-order chi connectivity index (χ1) is 15.2. The molecular formula is C24H32N6O2. The Labute approximate surface area is 190 Å². The average Bonchev–Trinajstić information content (AvgIpc) is 2.72. The molecule has 0 spiro atoms. The lowest BCUT2D eigenvalue weighted by atomic mass is 10.1. The number of nitrogens with zero attached hydrogens (tertiary/aromatic N) is 5. The van der Waals surface area contributed by atoms with Crippen LogP contribution in [0.3, 0.4) is 0 Å². The standard InChI is InChI=1S/C24H32N6O2/c1-6-8-19-14-21(28-22(26-19)27-20-10-7-9-18(13-20)15-25)30-12-11-29(16-17(30)2)23(31)32-24(3,4)5/h7,9-10,13-14,17H,6,8,11-12,16H2,1-5H3,(H,26,27,28)/t17-/m1/s1. The van der Waals surface area contributed by atoms with Gasteiger partial charge in [0.2, 0.25) is 5.95 Å². The minimum atomic E-state index is -0.511. The molecule has 1 aromatic carbocycles. The minimum Gasteiger partial charge on any atom is -0.444 e. The number of amides is 1. The van der Waals surface area contributed by atoms with E-state index in [1.165, 1.54) is 0 Å². The SMILES string of the molecule is CCCc1cc(N2CCN(C(=O)OC(C)(C)C)C[C@H]2C)nc(Nc2cccc(C#N)c2)n1. The van der Waals surface area contributed by atoms with E-state index in [1.54, 1.807) is 17.0 Å². The molecule has 1 aromatic heterocycles. The molecule has 1 aliphatic heterocycles. The van der Waals surface area contributed by atoms with Crippen molar-refractivity contribution in [2.45, 2.75) is 59.1 Å². The van der Waals surface area contributed by atoms with Crippen LogP contribution in [-0.4, -0.2) is 52.2 Å². The van der Waals surface area contributed by atoms with Gasteiger partial charge in [-0.05, 0) is 52.3 Å². The Balaban J connectivity index is 1.79. The van der Waals surface area contributed by atoms with E-state index in [-0.39, 0.29) is 12.1 Å². The van der Waals surface area contributed by atoms with E-state index in [2.05, 4.69) is 35.1 Å². The smallest absolute Gasteiger partial charge is 0.410 e. The van der Waals surface area contributed by atoms with Gasteiger partial charge in [-0.2, -0.15) is 10.2 Å². The number of ether oxygens (including phenoxy) is 1. The third-order valence-corrected chi connectivity index (χ3v) is 5.09. The highest BCUT2D eigenvalue weighted by molar-refractivity contribution is 5.69. The maximum absolute atomic E-state index is 12.5. The van der Waals surface area contributed by atoms with E-state index < -0.39 is 5.60 Å². The normalized spacial score (nSPS) is 16.4. The fourth-order valence-corrected chi connectivity index (χ4v) is 3.66. The van der Waals surface area contributed by atoms with E-state index in [0.29, 0.717) is 31.1 Å². The van der Waals surface area contributed by atoms with Gasteiger partial charge in [-0.15, -0.1) is 0 Å². The summed E-state index contributed by atoms with van der Waals surface area (Å²) in [5, 5.41) is 12.4. The van der Waals surface area contributed by atoms with Crippen molar-refractivity contribution in [1.82, 2.24) is 14.9 Å². The van der Waals surface area contributed by atoms with Crippen molar-refractivity contribution >= 4 is 23.5 Å². The Hall–Kier alpha value is -3.34. The molecule has 0 radical (unpaired) electrons. The Morgan fingerprint density at radius 2 is 2.06 bits per heavy atom. The Morgan fingerprint density at radius 1 is 1.28 bits per heavy atom. The van der Waals surface area contributed by atoms with Crippen LogP contribution in [0, 0.1) is 11.3 Å². The first-order valence-corrected chi connectivity index (χ1v) is 11.1. The summed E-state index contributed by atoms with van der Waals surface area (Å²) in [5.74, 6) is 1.33. The zero-order valence-electron chi connectivity index (χ0n) is 19.6. The Morgan fingerprint density at radius 3 is 2.72 bits per heavy atom. The molecule has 1 aliphatic rings. The zero-order chi connectivity index (χ0) is 23.3. The number of carbonyl (C=O) groups excluding carboxylic acids is 1. The maximum Gasteiger partial charge on any atom is 0.410 e. The lowest BCUT2D eigenvalue weighted by molar-refractivity contribution is 0.0218. The van der Waals surface area contributed by atoms with E-state index in [9.17, 15) is 4.79 Å². The van der Waals surface area contributed by atoms with Crippen molar-refractivity contribution in [3.05, 3.63) is 41.6 Å². The third-order valence-electron chi connectivity index (χ3n) is 5.09. The van der Waals surface area contributed by atoms with E-state index in [1.807, 2.05) is 39.0 Å². The lowest BCUT2D eigenvalue weighted by Gasteiger charge is -2.40. The van der Waals surface area contributed by atoms with Gasteiger partial charge in [0.05, 0.1) is 11.6 Å². The fraction of sp³-hybridized carbons (Fsp3) is 0.500. The molecule has 2 heterocycles. The second kappa shape index (κ2) is 9.86. The van der Waals surface area contributed by atoms with Crippen LogP contribution in [0.5, 0.6) is 0 Å². The molecule has 8 nitrogen and oxygen atoms in total. The van der Waals surface area contributed by atoms with Crippen LogP contribution < -0.4 is 10.2 Å². The Kier molecular flexibility index (Phi) is 7.18. The van der Waals surface area contributed by atoms with Crippen LogP contribution in [-0.2, 0) is 11.2 Å². The largest absolute Gasteiger partial charge is 0.444 e. The number of aromatic nitrogens is 2. The summed E-state index contributed by atoms with van der Waals surface area (Å²) in [4.78, 5) is 25.9. The van der Waals surface area contributed by atoms with Crippen LogP contribution in [0.25, 0.3) is 0 Å². The molecule has 3 rings (SSSR count). The van der Waals surface area contributed by atoms with Gasteiger partial charge in [0.25, 0.3) is 0 Å². The van der Waals surface area contributed by atoms with Crippen molar-refractivity contribution in [3.63, 3.8) is 0 Å². The molecule has 1 saturated heterocycles. The van der Waals surface area contributed by atoms with Crippen LogP contribution >= 0.6 is 0 Å². The van der Waals surface area contributed by atoms with E-state index >= 15 is 0 Å². The van der Waals surface area contributed by atoms with Gasteiger partial charge < -0.3 is 19.9 Å². The summed E-state index contributed by atoms with van der Waals surface area (Å²) in [5.41, 5.74) is 1.79. The number of carbonyl (C=O) groups is 1. The summed E-state index contributed by atoms with van der Waals surface area (Å²) < 4.78 is 5.53. The van der Waals surface area contributed by atoms with Crippen LogP contribution in [0.1, 0.15) is 52.3 Å². The molecule has 0 bridgehead atoms. The topological polar surface area (TPSA) is 94.4 Å². The highest BCUT2D eigenvalue weighted by Gasteiger charge is 2.30. The number of hydrogen-bond acceptors (Lipinski definition) is 7. The third kappa shape index (κ3) is 6.10. The molecule has 32 heavy (non-hydrogen) atoms. The van der Waals surface area contributed by atoms with Crippen LogP contribution in [0.15, 0.2) is 30.3 Å². The summed E-state index contributed by atoms with van der Waals surface area (Å²) in [6, 6.07) is 11.5. The van der Waals surface area contributed by atoms with Gasteiger partial charge >= 0.3 is 6.09 Å². The predicted octanol–water partition coefficient (Wildman–Crippen LogP) is 4.49. The van der Waals surface area contributed by atoms with Gasteiger partial charge in [-0.3, -0.25) is 0 Å². The highest BCUT2D eigenvalue weighted by Crippen LogP contribution is 2.24. The van der Waals surface area contributed by atoms with Gasteiger partial charge in [-0.1, -0.05) is 19.4 Å². The van der Waals surface area contributed by atoms with Gasteiger partial charge in [0.1, 0.15) is 11.4 Å². The molecular weight excluding hydrogens is 404 g/mol. The monoisotopic (exact) mass is 436 g/mol. The van der Waals surface area contributed by atoms with Gasteiger partial charge in [0, 0.05) is 43.1 Å². The van der Waals surface area contributed by atoms with E-state index in [0.717, 1.165) is 30.0 Å². The summed E-state index contributed by atoms with van der Waals surface area (Å²) in [7, 11) is 0. The number of hydrogen-bond donors (Lipinski definition) is 1. The second-order valence-corrected chi connectivity index (χ2v) is 9.08. The summed E-state index contributed by atoms with van der Waals surface area (Å²) >= 11 is 0. The van der Waals surface area contributed by atoms with Gasteiger partial charge in [0.15, 0.2) is 0 Å². The lowest BCUT2D eigenvalue weighted by Crippen LogP contribution is -2.54. The molecule has 170 valence electrons. The second-order valence-electron chi connectivity index (χ2n) is 9.08. The molecule has 0 saturated carbocycles. The number of nitrogens with one attached hydrogen (secondary N) is 1. The molecule has 1 N–H and O–H groups in total. The quantitative estimate of drug-likeness (QED) is 0.738. The molecule has 1 amide bonds. The van der Waals surface area contributed by atoms with Crippen molar-refractivity contribution in [2.24, 2.45) is 0 Å². The molecule has 1 atom stereocenters. The molecule has 2 aromatic rings. The predicted molar refractivity (Wildman–Crippen MR) is 125 cm³/mol. The summed E-state index contributed by atoms with van der Waals surface area (Å²) in [6.45, 7) is 11.6. The fourth-order valence-electron chi connectivity index (χ4n) is 3.66. The zero-order valence-corrected chi connectivity index (χ0v) is 19.6. The first kappa shape index (κ1) is 23.3. The first-order valence-electron chi connectivity index (χ1n) is 11.1. The van der Waals surface area contributed by atoms with Crippen LogP contribution in [0.4, 0.5) is 22.2 Å². The van der Waals surface area contributed by atoms with Gasteiger partial charge in [-0.25, -0.2) is 9.78 Å². The summed E-state index contributed by atoms with van der Waals surface area (Å²) in [6.07, 6.45) is 1.54. The van der Waals surface area contributed by atoms with Crippen LogP contribution in [0.2, 0.25) is 0 Å². The maximum atomic E-state index is 12.5. The number of anilines is 3. The van der Waals surface area contributed by atoms with E-state index in [4.69, 9.17) is 15.0 Å². The van der Waals surface area contributed by atoms with Crippen molar-refractivity contribution < 1.29 is 9.53 Å². The number of piperazine rings is 1.